The lowest BCUT2D eigenvalue weighted by molar-refractivity contribution is 0.0615. The van der Waals surface area contributed by atoms with E-state index in [1.165, 1.54) is 18.4 Å². The molecule has 1 saturated heterocycles. The van der Waals surface area contributed by atoms with E-state index in [2.05, 4.69) is 34.5 Å². The number of amides is 2. The zero-order valence-corrected chi connectivity index (χ0v) is 16.2. The molecular formula is C21H33N3O3. The first kappa shape index (κ1) is 20.1. The van der Waals surface area contributed by atoms with Gasteiger partial charge in [0.2, 0.25) is 0 Å². The number of ether oxygens (including phenoxy) is 1. The summed E-state index contributed by atoms with van der Waals surface area (Å²) in [6.07, 6.45) is 4.64. The Balaban J connectivity index is 1.45. The van der Waals surface area contributed by atoms with Crippen molar-refractivity contribution in [3.8, 4) is 0 Å². The Labute approximate surface area is 162 Å². The fourth-order valence-corrected chi connectivity index (χ4v) is 4.19. The summed E-state index contributed by atoms with van der Waals surface area (Å²) < 4.78 is 5.33. The molecule has 2 amide bonds. The average molecular weight is 376 g/mol. The molecule has 1 aromatic rings. The highest BCUT2D eigenvalue weighted by atomic mass is 16.5. The highest BCUT2D eigenvalue weighted by Crippen LogP contribution is 2.33. The highest BCUT2D eigenvalue weighted by molar-refractivity contribution is 5.74. The van der Waals surface area contributed by atoms with Crippen LogP contribution in [0.15, 0.2) is 30.3 Å². The second-order valence-corrected chi connectivity index (χ2v) is 7.52. The lowest BCUT2D eigenvalue weighted by Crippen LogP contribution is -2.54. The van der Waals surface area contributed by atoms with E-state index in [1.807, 2.05) is 11.0 Å². The van der Waals surface area contributed by atoms with Crippen LogP contribution in [0.1, 0.15) is 37.2 Å². The summed E-state index contributed by atoms with van der Waals surface area (Å²) in [4.78, 5) is 17.1. The summed E-state index contributed by atoms with van der Waals surface area (Å²) in [5.41, 5.74) is 1.34. The van der Waals surface area contributed by atoms with Crippen molar-refractivity contribution in [1.82, 2.24) is 15.1 Å². The van der Waals surface area contributed by atoms with Crippen LogP contribution in [0.2, 0.25) is 0 Å². The first-order valence-corrected chi connectivity index (χ1v) is 10.3. The predicted octanol–water partition coefficient (Wildman–Crippen LogP) is 2.05. The third kappa shape index (κ3) is 5.92. The third-order valence-corrected chi connectivity index (χ3v) is 5.75. The molecule has 2 unspecified atom stereocenters. The van der Waals surface area contributed by atoms with Gasteiger partial charge in [-0.2, -0.15) is 0 Å². The number of aliphatic hydroxyl groups is 1. The van der Waals surface area contributed by atoms with Crippen LogP contribution < -0.4 is 5.32 Å². The van der Waals surface area contributed by atoms with E-state index in [0.717, 1.165) is 45.6 Å². The molecule has 27 heavy (non-hydrogen) atoms. The van der Waals surface area contributed by atoms with Crippen LogP contribution >= 0.6 is 0 Å². The first-order valence-electron chi connectivity index (χ1n) is 10.3. The highest BCUT2D eigenvalue weighted by Gasteiger charge is 2.30. The van der Waals surface area contributed by atoms with Crippen molar-refractivity contribution in [2.75, 3.05) is 52.5 Å². The van der Waals surface area contributed by atoms with Crippen molar-refractivity contribution < 1.29 is 14.6 Å². The Kier molecular flexibility index (Phi) is 7.93. The Morgan fingerprint density at radius 2 is 1.81 bits per heavy atom. The number of nitrogens with one attached hydrogen (secondary N) is 1. The van der Waals surface area contributed by atoms with E-state index < -0.39 is 0 Å². The molecule has 2 N–H and O–H groups in total. The van der Waals surface area contributed by atoms with E-state index in [1.54, 1.807) is 0 Å². The zero-order chi connectivity index (χ0) is 18.9. The molecule has 2 aliphatic rings. The van der Waals surface area contributed by atoms with Gasteiger partial charge in [0, 0.05) is 44.7 Å². The lowest BCUT2D eigenvalue weighted by Gasteiger charge is -2.38. The van der Waals surface area contributed by atoms with Crippen molar-refractivity contribution in [2.24, 2.45) is 0 Å². The smallest absolute Gasteiger partial charge is 0.317 e. The maximum absolute atomic E-state index is 12.8. The first-order chi connectivity index (χ1) is 13.3. The Bertz CT molecular complexity index is 561. The van der Waals surface area contributed by atoms with Crippen LogP contribution in [0.5, 0.6) is 0 Å². The van der Waals surface area contributed by atoms with Gasteiger partial charge in [0.1, 0.15) is 0 Å². The Hall–Kier alpha value is -1.63. The van der Waals surface area contributed by atoms with Crippen LogP contribution in [-0.2, 0) is 4.74 Å². The molecular weight excluding hydrogens is 342 g/mol. The van der Waals surface area contributed by atoms with Crippen LogP contribution in [0, 0.1) is 0 Å². The van der Waals surface area contributed by atoms with Gasteiger partial charge in [-0.3, -0.25) is 4.90 Å². The number of nitrogens with zero attached hydrogens (tertiary/aromatic N) is 2. The molecule has 3 rings (SSSR count). The van der Waals surface area contributed by atoms with E-state index in [0.29, 0.717) is 19.1 Å². The zero-order valence-electron chi connectivity index (χ0n) is 16.2. The lowest BCUT2D eigenvalue weighted by atomic mass is 9.80. The number of rotatable bonds is 7. The van der Waals surface area contributed by atoms with E-state index in [-0.39, 0.29) is 18.7 Å². The van der Waals surface area contributed by atoms with Gasteiger partial charge in [-0.15, -0.1) is 0 Å². The summed E-state index contributed by atoms with van der Waals surface area (Å²) in [7, 11) is 0. The summed E-state index contributed by atoms with van der Waals surface area (Å²) >= 11 is 0. The summed E-state index contributed by atoms with van der Waals surface area (Å²) in [5, 5.41) is 12.1. The average Bonchev–Trinajstić information content (AvgIpc) is 2.73. The Morgan fingerprint density at radius 3 is 2.56 bits per heavy atom. The summed E-state index contributed by atoms with van der Waals surface area (Å²) in [6, 6.07) is 10.9. The molecule has 0 radical (unpaired) electrons. The molecule has 2 atom stereocenters. The molecule has 6 nitrogen and oxygen atoms in total. The molecule has 1 aliphatic carbocycles. The molecule has 0 aromatic heterocycles. The molecule has 1 heterocycles. The van der Waals surface area contributed by atoms with E-state index in [4.69, 9.17) is 9.84 Å². The van der Waals surface area contributed by atoms with Gasteiger partial charge < -0.3 is 20.1 Å². The molecule has 1 aromatic carbocycles. The fourth-order valence-electron chi connectivity index (χ4n) is 4.19. The minimum Gasteiger partial charge on any atom is -0.394 e. The fraction of sp³-hybridized carbons (Fsp3) is 0.667. The number of carbonyl (C=O) groups excluding carboxylic acids is 1. The number of carbonyl (C=O) groups is 1. The van der Waals surface area contributed by atoms with Gasteiger partial charge in [-0.1, -0.05) is 43.2 Å². The minimum atomic E-state index is 0.0685. The van der Waals surface area contributed by atoms with Gasteiger partial charge in [-0.05, 0) is 18.4 Å². The number of benzene rings is 1. The van der Waals surface area contributed by atoms with Crippen LogP contribution in [0.3, 0.4) is 0 Å². The molecule has 1 aliphatic heterocycles. The SMILES string of the molecule is O=C(NC1CCCCC1c1ccccc1)N1CCN(CCOCCO)CC1. The van der Waals surface area contributed by atoms with E-state index >= 15 is 0 Å². The largest absolute Gasteiger partial charge is 0.394 e. The van der Waals surface area contributed by atoms with Gasteiger partial charge in [0.05, 0.1) is 19.8 Å². The maximum Gasteiger partial charge on any atom is 0.317 e. The standard InChI is InChI=1S/C21H33N3O3/c25-15-17-27-16-14-23-10-12-24(13-11-23)21(26)22-20-9-5-4-8-19(20)18-6-2-1-3-7-18/h1-3,6-7,19-20,25H,4-5,8-17H2,(H,22,26). The molecule has 0 spiro atoms. The predicted molar refractivity (Wildman–Crippen MR) is 106 cm³/mol. The van der Waals surface area contributed by atoms with E-state index in [9.17, 15) is 4.79 Å². The Morgan fingerprint density at radius 1 is 1.07 bits per heavy atom. The minimum absolute atomic E-state index is 0.0685. The summed E-state index contributed by atoms with van der Waals surface area (Å²) in [5.74, 6) is 0.425. The maximum atomic E-state index is 12.8. The monoisotopic (exact) mass is 375 g/mol. The second kappa shape index (κ2) is 10.6. The van der Waals surface area contributed by atoms with Gasteiger partial charge in [0.25, 0.3) is 0 Å². The molecule has 2 fully saturated rings. The number of aliphatic hydroxyl groups excluding tert-OH is 1. The van der Waals surface area contributed by atoms with Crippen molar-refractivity contribution in [2.45, 2.75) is 37.6 Å². The van der Waals surface area contributed by atoms with Gasteiger partial charge in [0.15, 0.2) is 0 Å². The van der Waals surface area contributed by atoms with Crippen LogP contribution in [-0.4, -0.2) is 79.5 Å². The number of hydrogen-bond acceptors (Lipinski definition) is 4. The number of piperazine rings is 1. The molecule has 0 bridgehead atoms. The molecule has 150 valence electrons. The van der Waals surface area contributed by atoms with Crippen molar-refractivity contribution in [1.29, 1.82) is 0 Å². The van der Waals surface area contributed by atoms with Crippen molar-refractivity contribution in [3.05, 3.63) is 35.9 Å². The van der Waals surface area contributed by atoms with Gasteiger partial charge in [-0.25, -0.2) is 4.79 Å². The van der Waals surface area contributed by atoms with Crippen molar-refractivity contribution in [3.63, 3.8) is 0 Å². The van der Waals surface area contributed by atoms with Crippen LogP contribution in [0.25, 0.3) is 0 Å². The molecule has 1 saturated carbocycles. The normalized spacial score (nSPS) is 24.0. The topological polar surface area (TPSA) is 65.0 Å². The van der Waals surface area contributed by atoms with Crippen LogP contribution in [0.4, 0.5) is 4.79 Å². The summed E-state index contributed by atoms with van der Waals surface area (Å²) in [6.45, 7) is 5.22. The van der Waals surface area contributed by atoms with Crippen molar-refractivity contribution >= 4 is 6.03 Å². The third-order valence-electron chi connectivity index (χ3n) is 5.75. The van der Waals surface area contributed by atoms with Gasteiger partial charge >= 0.3 is 6.03 Å². The molecule has 6 heteroatoms. The number of urea groups is 1. The number of hydrogen-bond donors (Lipinski definition) is 2. The quantitative estimate of drug-likeness (QED) is 0.716. The second-order valence-electron chi connectivity index (χ2n) is 7.52.